The van der Waals surface area contributed by atoms with Gasteiger partial charge in [-0.3, -0.25) is 5.32 Å². The van der Waals surface area contributed by atoms with Crippen molar-refractivity contribution < 1.29 is 14.6 Å². The van der Waals surface area contributed by atoms with Crippen LogP contribution in [0, 0.1) is 11.8 Å². The third-order valence-electron chi connectivity index (χ3n) is 2.17. The normalized spacial score (nSPS) is 9.22. The Bertz CT molecular complexity index is 429. The highest BCUT2D eigenvalue weighted by Crippen LogP contribution is 2.09. The number of nitrogens with one attached hydrogen (secondary N) is 1. The summed E-state index contributed by atoms with van der Waals surface area (Å²) < 4.78 is 4.97. The molecule has 4 nitrogen and oxygen atoms in total. The molecule has 0 heterocycles. The van der Waals surface area contributed by atoms with Gasteiger partial charge in [-0.1, -0.05) is 25.2 Å². The zero-order valence-corrected chi connectivity index (χ0v) is 10.4. The quantitative estimate of drug-likeness (QED) is 0.634. The molecule has 2 N–H and O–H groups in total. The topological polar surface area (TPSA) is 58.6 Å². The van der Waals surface area contributed by atoms with Crippen molar-refractivity contribution in [2.75, 3.05) is 18.5 Å². The van der Waals surface area contributed by atoms with Crippen LogP contribution < -0.4 is 5.32 Å². The number of hydrogen-bond donors (Lipinski definition) is 2. The Hall–Kier alpha value is -1.99. The van der Waals surface area contributed by atoms with Crippen LogP contribution in [0.5, 0.6) is 0 Å². The zero-order valence-electron chi connectivity index (χ0n) is 10.4. The van der Waals surface area contributed by atoms with Gasteiger partial charge in [-0.15, -0.1) is 0 Å². The Morgan fingerprint density at radius 2 is 2.11 bits per heavy atom. The molecule has 0 saturated carbocycles. The fourth-order valence-corrected chi connectivity index (χ4v) is 1.24. The van der Waals surface area contributed by atoms with E-state index < -0.39 is 6.09 Å². The highest BCUT2D eigenvalue weighted by atomic mass is 16.5. The van der Waals surface area contributed by atoms with E-state index in [4.69, 9.17) is 9.84 Å². The highest BCUT2D eigenvalue weighted by Gasteiger charge is 2.01. The fraction of sp³-hybridized carbons (Fsp3) is 0.357. The molecule has 96 valence electrons. The molecule has 0 aliphatic heterocycles. The van der Waals surface area contributed by atoms with Gasteiger partial charge in [0.2, 0.25) is 0 Å². The lowest BCUT2D eigenvalue weighted by molar-refractivity contribution is 0.160. The Labute approximate surface area is 107 Å². The van der Waals surface area contributed by atoms with E-state index in [0.29, 0.717) is 12.3 Å². The van der Waals surface area contributed by atoms with Crippen LogP contribution in [0.2, 0.25) is 0 Å². The van der Waals surface area contributed by atoms with Crippen molar-refractivity contribution in [1.82, 2.24) is 0 Å². The predicted octanol–water partition coefficient (Wildman–Crippen LogP) is 2.38. The van der Waals surface area contributed by atoms with Gasteiger partial charge in [0.15, 0.2) is 0 Å². The minimum atomic E-state index is -0.447. The molecule has 0 aliphatic rings. The van der Waals surface area contributed by atoms with E-state index in [1.165, 1.54) is 0 Å². The molecule has 0 atom stereocenters. The van der Waals surface area contributed by atoms with Gasteiger partial charge < -0.3 is 9.84 Å². The maximum atomic E-state index is 11.3. The number of aliphatic hydroxyl groups excluding tert-OH is 1. The molecule has 0 aliphatic carbocycles. The Balaban J connectivity index is 2.45. The molecule has 4 heteroatoms. The van der Waals surface area contributed by atoms with Gasteiger partial charge in [-0.25, -0.2) is 4.79 Å². The number of unbranched alkanes of at least 4 members (excludes halogenated alkanes) is 1. The van der Waals surface area contributed by atoms with Gasteiger partial charge in [0, 0.05) is 11.3 Å². The van der Waals surface area contributed by atoms with Gasteiger partial charge in [-0.05, 0) is 30.7 Å². The van der Waals surface area contributed by atoms with Gasteiger partial charge >= 0.3 is 6.09 Å². The minimum absolute atomic E-state index is 0.163. The van der Waals surface area contributed by atoms with E-state index in [9.17, 15) is 4.79 Å². The summed E-state index contributed by atoms with van der Waals surface area (Å²) in [7, 11) is 0. The lowest BCUT2D eigenvalue weighted by Crippen LogP contribution is -2.14. The molecule has 1 aromatic carbocycles. The van der Waals surface area contributed by atoms with Crippen LogP contribution in [0.1, 0.15) is 25.3 Å². The van der Waals surface area contributed by atoms with E-state index in [1.54, 1.807) is 24.3 Å². The van der Waals surface area contributed by atoms with E-state index in [-0.39, 0.29) is 6.61 Å². The number of carbonyl (C=O) groups excluding carboxylic acids is 1. The van der Waals surface area contributed by atoms with Crippen LogP contribution in [0.15, 0.2) is 24.3 Å². The summed E-state index contributed by atoms with van der Waals surface area (Å²) in [4.78, 5) is 11.3. The summed E-state index contributed by atoms with van der Waals surface area (Å²) in [6.07, 6.45) is 1.41. The summed E-state index contributed by atoms with van der Waals surface area (Å²) in [5, 5.41) is 11.2. The first kappa shape index (κ1) is 14.1. The molecule has 1 amide bonds. The monoisotopic (exact) mass is 247 g/mol. The number of amides is 1. The minimum Gasteiger partial charge on any atom is -0.449 e. The predicted molar refractivity (Wildman–Crippen MR) is 70.3 cm³/mol. The number of ether oxygens (including phenoxy) is 1. The van der Waals surface area contributed by atoms with E-state index >= 15 is 0 Å². The third kappa shape index (κ3) is 5.37. The summed E-state index contributed by atoms with van der Waals surface area (Å²) in [6.45, 7) is 2.31. The van der Waals surface area contributed by atoms with Gasteiger partial charge in [-0.2, -0.15) is 0 Å². The molecule has 18 heavy (non-hydrogen) atoms. The highest BCUT2D eigenvalue weighted by molar-refractivity contribution is 5.84. The number of rotatable bonds is 4. The molecule has 0 bridgehead atoms. The van der Waals surface area contributed by atoms with Crippen LogP contribution in [-0.4, -0.2) is 24.4 Å². The zero-order chi connectivity index (χ0) is 13.2. The van der Waals surface area contributed by atoms with Gasteiger partial charge in [0.1, 0.15) is 6.61 Å². The fourth-order valence-electron chi connectivity index (χ4n) is 1.24. The molecule has 0 spiro atoms. The summed E-state index contributed by atoms with van der Waals surface area (Å²) in [6, 6.07) is 7.01. The number of carbonyl (C=O) groups is 1. The van der Waals surface area contributed by atoms with Crippen molar-refractivity contribution >= 4 is 11.8 Å². The first-order chi connectivity index (χ1) is 8.76. The SMILES string of the molecule is CCCCOC(=O)Nc1ccc(C#CCO)cc1. The number of hydrogen-bond acceptors (Lipinski definition) is 3. The molecule has 0 radical (unpaired) electrons. The van der Waals surface area contributed by atoms with Crippen molar-refractivity contribution in [2.24, 2.45) is 0 Å². The van der Waals surface area contributed by atoms with Gasteiger partial charge in [0.25, 0.3) is 0 Å². The molecule has 1 rings (SSSR count). The number of benzene rings is 1. The Kier molecular flexibility index (Phi) is 6.37. The van der Waals surface area contributed by atoms with Crippen LogP contribution >= 0.6 is 0 Å². The second kappa shape index (κ2) is 8.15. The third-order valence-corrected chi connectivity index (χ3v) is 2.17. The van der Waals surface area contributed by atoms with Crippen molar-refractivity contribution in [1.29, 1.82) is 0 Å². The summed E-state index contributed by atoms with van der Waals surface area (Å²) >= 11 is 0. The van der Waals surface area contributed by atoms with Crippen LogP contribution in [0.3, 0.4) is 0 Å². The smallest absolute Gasteiger partial charge is 0.411 e. The average Bonchev–Trinajstić information content (AvgIpc) is 2.38. The molecule has 0 aromatic heterocycles. The average molecular weight is 247 g/mol. The molecule has 0 unspecified atom stereocenters. The lowest BCUT2D eigenvalue weighted by Gasteiger charge is -2.06. The first-order valence-corrected chi connectivity index (χ1v) is 5.90. The van der Waals surface area contributed by atoms with E-state index in [2.05, 4.69) is 17.2 Å². The second-order valence-electron chi connectivity index (χ2n) is 3.65. The molecule has 0 fully saturated rings. The maximum absolute atomic E-state index is 11.3. The standard InChI is InChI=1S/C14H17NO3/c1-2-3-11-18-14(17)15-13-8-6-12(7-9-13)5-4-10-16/h6-9,16H,2-3,10-11H2,1H3,(H,15,17). The number of aliphatic hydroxyl groups is 1. The Morgan fingerprint density at radius 3 is 2.72 bits per heavy atom. The first-order valence-electron chi connectivity index (χ1n) is 5.90. The second-order valence-corrected chi connectivity index (χ2v) is 3.65. The van der Waals surface area contributed by atoms with Crippen molar-refractivity contribution in [3.8, 4) is 11.8 Å². The summed E-state index contributed by atoms with van der Waals surface area (Å²) in [5.74, 6) is 5.33. The van der Waals surface area contributed by atoms with Gasteiger partial charge in [0.05, 0.1) is 6.61 Å². The molecular formula is C14H17NO3. The van der Waals surface area contributed by atoms with E-state index in [0.717, 1.165) is 18.4 Å². The lowest BCUT2D eigenvalue weighted by atomic mass is 10.2. The van der Waals surface area contributed by atoms with Crippen LogP contribution in [0.25, 0.3) is 0 Å². The maximum Gasteiger partial charge on any atom is 0.411 e. The molecule has 1 aromatic rings. The number of anilines is 1. The summed E-state index contributed by atoms with van der Waals surface area (Å²) in [5.41, 5.74) is 1.44. The van der Waals surface area contributed by atoms with Crippen LogP contribution in [-0.2, 0) is 4.74 Å². The van der Waals surface area contributed by atoms with Crippen molar-refractivity contribution in [3.05, 3.63) is 29.8 Å². The van der Waals surface area contributed by atoms with Crippen LogP contribution in [0.4, 0.5) is 10.5 Å². The van der Waals surface area contributed by atoms with Crippen molar-refractivity contribution in [2.45, 2.75) is 19.8 Å². The van der Waals surface area contributed by atoms with E-state index in [1.807, 2.05) is 6.92 Å². The molecule has 0 saturated heterocycles. The van der Waals surface area contributed by atoms with Crippen molar-refractivity contribution in [3.63, 3.8) is 0 Å². The molecular weight excluding hydrogens is 230 g/mol. The largest absolute Gasteiger partial charge is 0.449 e. The Morgan fingerprint density at radius 1 is 1.39 bits per heavy atom.